The van der Waals surface area contributed by atoms with Gasteiger partial charge in [-0.05, 0) is 48.5 Å². The van der Waals surface area contributed by atoms with E-state index in [-0.39, 0.29) is 28.4 Å². The Hall–Kier alpha value is -3.19. The van der Waals surface area contributed by atoms with Crippen LogP contribution in [0.4, 0.5) is 11.4 Å². The lowest BCUT2D eigenvalue weighted by Gasteiger charge is -2.10. The van der Waals surface area contributed by atoms with Crippen molar-refractivity contribution in [3.05, 3.63) is 78.3 Å². The highest BCUT2D eigenvalue weighted by Gasteiger charge is 2.17. The smallest absolute Gasteiger partial charge is 0.296 e. The number of hydrogen-bond donors (Lipinski definition) is 4. The lowest BCUT2D eigenvalue weighted by atomic mass is 10.2. The number of hydrogen-bond acceptors (Lipinski definition) is 6. The van der Waals surface area contributed by atoms with Gasteiger partial charge in [-0.3, -0.25) is 9.52 Å². The summed E-state index contributed by atoms with van der Waals surface area (Å²) < 4.78 is 56.8. The van der Waals surface area contributed by atoms with E-state index >= 15 is 0 Å². The second-order valence-corrected chi connectivity index (χ2v) is 9.17. The number of benzene rings is 2. The SMILES string of the molecule is NS(=O)(=O)Nc1cccc(NC(=O)c2cccc(S(=O)(=O)NCc3ccco3)c2)c1. The molecule has 0 bridgehead atoms. The van der Waals surface area contributed by atoms with Crippen molar-refractivity contribution in [2.45, 2.75) is 11.4 Å². The van der Waals surface area contributed by atoms with Gasteiger partial charge in [0.05, 0.1) is 23.4 Å². The highest BCUT2D eigenvalue weighted by atomic mass is 32.2. The third-order valence-corrected chi connectivity index (χ3v) is 5.72. The average molecular weight is 450 g/mol. The molecule has 0 saturated heterocycles. The summed E-state index contributed by atoms with van der Waals surface area (Å²) >= 11 is 0. The molecule has 2 aromatic carbocycles. The zero-order chi connectivity index (χ0) is 21.8. The number of furan rings is 1. The van der Waals surface area contributed by atoms with E-state index in [9.17, 15) is 21.6 Å². The second-order valence-electron chi connectivity index (χ2n) is 6.11. The van der Waals surface area contributed by atoms with Crippen LogP contribution >= 0.6 is 0 Å². The maximum Gasteiger partial charge on any atom is 0.296 e. The van der Waals surface area contributed by atoms with Crippen LogP contribution in [0.3, 0.4) is 0 Å². The summed E-state index contributed by atoms with van der Waals surface area (Å²) in [5.41, 5.74) is 0.548. The normalized spacial score (nSPS) is 11.8. The number of nitrogens with two attached hydrogens (primary N) is 1. The summed E-state index contributed by atoms with van der Waals surface area (Å²) in [6.45, 7) is -0.0321. The minimum absolute atomic E-state index is 0.0321. The summed E-state index contributed by atoms with van der Waals surface area (Å²) in [5, 5.41) is 7.50. The fraction of sp³-hybridized carbons (Fsp3) is 0.0556. The van der Waals surface area contributed by atoms with Gasteiger partial charge >= 0.3 is 0 Å². The van der Waals surface area contributed by atoms with Crippen molar-refractivity contribution in [2.75, 3.05) is 10.0 Å². The first-order valence-corrected chi connectivity index (χ1v) is 11.5. The summed E-state index contributed by atoms with van der Waals surface area (Å²) in [6.07, 6.45) is 1.43. The first-order valence-electron chi connectivity index (χ1n) is 8.46. The molecular weight excluding hydrogens is 432 g/mol. The molecule has 12 heteroatoms. The molecular formula is C18H18N4O6S2. The van der Waals surface area contributed by atoms with Crippen LogP contribution < -0.4 is 19.9 Å². The van der Waals surface area contributed by atoms with Crippen molar-refractivity contribution >= 4 is 37.5 Å². The zero-order valence-electron chi connectivity index (χ0n) is 15.4. The molecule has 3 rings (SSSR count). The maximum atomic E-state index is 12.5. The number of amides is 1. The second kappa shape index (κ2) is 8.67. The van der Waals surface area contributed by atoms with E-state index in [2.05, 4.69) is 14.8 Å². The van der Waals surface area contributed by atoms with Gasteiger partial charge in [0.15, 0.2) is 0 Å². The third-order valence-electron chi connectivity index (χ3n) is 3.80. The Morgan fingerprint density at radius 2 is 1.67 bits per heavy atom. The Balaban J connectivity index is 1.74. The molecule has 0 saturated carbocycles. The quantitative estimate of drug-likeness (QED) is 0.408. The predicted octanol–water partition coefficient (Wildman–Crippen LogP) is 1.63. The van der Waals surface area contributed by atoms with Gasteiger partial charge in [0.1, 0.15) is 5.76 Å². The lowest BCUT2D eigenvalue weighted by Crippen LogP contribution is -2.23. The Kier molecular flexibility index (Phi) is 6.22. The van der Waals surface area contributed by atoms with Gasteiger partial charge in [-0.15, -0.1) is 0 Å². The van der Waals surface area contributed by atoms with E-state index in [1.165, 1.54) is 54.8 Å². The molecule has 30 heavy (non-hydrogen) atoms. The molecule has 0 unspecified atom stereocenters. The molecule has 5 N–H and O–H groups in total. The molecule has 0 aliphatic carbocycles. The van der Waals surface area contributed by atoms with Crippen LogP contribution in [0.5, 0.6) is 0 Å². The van der Waals surface area contributed by atoms with E-state index in [1.807, 2.05) is 0 Å². The van der Waals surface area contributed by atoms with Gasteiger partial charge in [-0.25, -0.2) is 18.3 Å². The first-order chi connectivity index (χ1) is 14.1. The van der Waals surface area contributed by atoms with Crippen molar-refractivity contribution in [2.24, 2.45) is 5.14 Å². The average Bonchev–Trinajstić information content (AvgIpc) is 3.19. The van der Waals surface area contributed by atoms with E-state index in [0.29, 0.717) is 5.76 Å². The van der Waals surface area contributed by atoms with Crippen molar-refractivity contribution in [1.82, 2.24) is 4.72 Å². The first kappa shape index (κ1) is 21.5. The molecule has 1 amide bonds. The summed E-state index contributed by atoms with van der Waals surface area (Å²) in [5.74, 6) is -0.133. The molecule has 1 aromatic heterocycles. The van der Waals surface area contributed by atoms with Gasteiger partial charge in [0, 0.05) is 11.3 Å². The minimum Gasteiger partial charge on any atom is -0.468 e. The molecule has 0 radical (unpaired) electrons. The number of anilines is 2. The van der Waals surface area contributed by atoms with Crippen molar-refractivity contribution in [1.29, 1.82) is 0 Å². The van der Waals surface area contributed by atoms with Crippen LogP contribution in [0, 0.1) is 0 Å². The number of carbonyl (C=O) groups is 1. The summed E-state index contributed by atoms with van der Waals surface area (Å²) in [6, 6.07) is 14.6. The Morgan fingerprint density at radius 3 is 2.37 bits per heavy atom. The van der Waals surface area contributed by atoms with Gasteiger partial charge in [0.2, 0.25) is 10.0 Å². The van der Waals surface area contributed by atoms with E-state index in [4.69, 9.17) is 9.56 Å². The molecule has 0 aliphatic heterocycles. The van der Waals surface area contributed by atoms with Crippen LogP contribution in [0.1, 0.15) is 16.1 Å². The van der Waals surface area contributed by atoms with Gasteiger partial charge < -0.3 is 9.73 Å². The molecule has 3 aromatic rings. The maximum absolute atomic E-state index is 12.5. The lowest BCUT2D eigenvalue weighted by molar-refractivity contribution is 0.102. The minimum atomic E-state index is -3.96. The molecule has 158 valence electrons. The highest BCUT2D eigenvalue weighted by molar-refractivity contribution is 7.90. The number of rotatable bonds is 8. The van der Waals surface area contributed by atoms with Crippen LogP contribution in [0.2, 0.25) is 0 Å². The number of nitrogens with one attached hydrogen (secondary N) is 3. The van der Waals surface area contributed by atoms with Crippen LogP contribution in [0.25, 0.3) is 0 Å². The van der Waals surface area contributed by atoms with Crippen LogP contribution in [0.15, 0.2) is 76.2 Å². The van der Waals surface area contributed by atoms with E-state index in [0.717, 1.165) is 0 Å². The Morgan fingerprint density at radius 1 is 0.933 bits per heavy atom. The third kappa shape index (κ3) is 5.90. The monoisotopic (exact) mass is 450 g/mol. The standard InChI is InChI=1S/C18H18N4O6S2/c19-30(26,27)22-15-6-2-5-14(11-15)21-18(23)13-4-1-8-17(10-13)29(24,25)20-12-16-7-3-9-28-16/h1-11,20,22H,12H2,(H,21,23)(H2,19,26,27). The molecule has 0 atom stereocenters. The molecule has 10 nitrogen and oxygen atoms in total. The Bertz CT molecular complexity index is 1260. The largest absolute Gasteiger partial charge is 0.468 e. The van der Waals surface area contributed by atoms with Crippen molar-refractivity contribution in [3.8, 4) is 0 Å². The van der Waals surface area contributed by atoms with Gasteiger partial charge in [0.25, 0.3) is 16.1 Å². The molecule has 0 fully saturated rings. The molecule has 0 aliphatic rings. The van der Waals surface area contributed by atoms with Gasteiger partial charge in [-0.2, -0.15) is 8.42 Å². The van der Waals surface area contributed by atoms with Crippen LogP contribution in [-0.2, 0) is 26.8 Å². The fourth-order valence-corrected chi connectivity index (χ4v) is 3.99. The zero-order valence-corrected chi connectivity index (χ0v) is 17.0. The topological polar surface area (TPSA) is 161 Å². The van der Waals surface area contributed by atoms with E-state index < -0.39 is 26.1 Å². The van der Waals surface area contributed by atoms with E-state index in [1.54, 1.807) is 12.1 Å². The Labute approximate surface area is 173 Å². The highest BCUT2D eigenvalue weighted by Crippen LogP contribution is 2.18. The summed E-state index contributed by atoms with van der Waals surface area (Å²) in [4.78, 5) is 12.4. The number of sulfonamides is 1. The number of carbonyl (C=O) groups excluding carboxylic acids is 1. The molecule has 0 spiro atoms. The van der Waals surface area contributed by atoms with Crippen molar-refractivity contribution < 1.29 is 26.0 Å². The van der Waals surface area contributed by atoms with Crippen molar-refractivity contribution in [3.63, 3.8) is 0 Å². The van der Waals surface area contributed by atoms with Gasteiger partial charge in [-0.1, -0.05) is 12.1 Å². The molecule has 1 heterocycles. The predicted molar refractivity (Wildman–Crippen MR) is 110 cm³/mol. The van der Waals surface area contributed by atoms with Crippen LogP contribution in [-0.4, -0.2) is 22.7 Å². The summed E-state index contributed by atoms with van der Waals surface area (Å²) in [7, 11) is -7.83. The fourth-order valence-electron chi connectivity index (χ4n) is 2.50.